The predicted molar refractivity (Wildman–Crippen MR) is 56.8 cm³/mol. The van der Waals surface area contributed by atoms with Crippen molar-refractivity contribution >= 4 is 21.7 Å². The maximum absolute atomic E-state index is 13.3. The van der Waals surface area contributed by atoms with Crippen LogP contribution in [0.15, 0.2) is 16.6 Å². The summed E-state index contributed by atoms with van der Waals surface area (Å²) in [7, 11) is 0. The highest BCUT2D eigenvalue weighted by Gasteiger charge is 2.15. The zero-order chi connectivity index (χ0) is 10.7. The molecule has 2 nitrogen and oxygen atoms in total. The predicted octanol–water partition coefficient (Wildman–Crippen LogP) is 2.43. The number of Topliss-reactive ketones (excluding diaryl/α,β-unsaturated/α-hetero) is 1. The number of carbonyl (C=O) groups excluding carboxylic acids is 1. The van der Waals surface area contributed by atoms with Gasteiger partial charge in [0, 0.05) is 10.9 Å². The molecular weight excluding hydrogens is 249 g/mol. The molecule has 0 heterocycles. The molecule has 0 aliphatic heterocycles. The third kappa shape index (κ3) is 2.19. The van der Waals surface area contributed by atoms with Gasteiger partial charge < -0.3 is 5.73 Å². The molecule has 0 amide bonds. The van der Waals surface area contributed by atoms with Crippen LogP contribution in [0.5, 0.6) is 0 Å². The van der Waals surface area contributed by atoms with E-state index >= 15 is 0 Å². The molecule has 0 aliphatic rings. The zero-order valence-electron chi connectivity index (χ0n) is 7.81. The van der Waals surface area contributed by atoms with Gasteiger partial charge in [-0.25, -0.2) is 4.39 Å². The van der Waals surface area contributed by atoms with Crippen LogP contribution in [0.4, 0.5) is 4.39 Å². The lowest BCUT2D eigenvalue weighted by Crippen LogP contribution is -2.11. The van der Waals surface area contributed by atoms with Gasteiger partial charge in [-0.15, -0.1) is 0 Å². The number of nitrogens with two attached hydrogens (primary N) is 1. The van der Waals surface area contributed by atoms with E-state index in [4.69, 9.17) is 5.73 Å². The van der Waals surface area contributed by atoms with Crippen molar-refractivity contribution < 1.29 is 9.18 Å². The minimum absolute atomic E-state index is 0.143. The number of hydrogen-bond donors (Lipinski definition) is 1. The summed E-state index contributed by atoms with van der Waals surface area (Å²) in [5, 5.41) is 0. The highest BCUT2D eigenvalue weighted by molar-refractivity contribution is 9.10. The Morgan fingerprint density at radius 2 is 2.21 bits per heavy atom. The van der Waals surface area contributed by atoms with Gasteiger partial charge in [-0.05, 0) is 31.2 Å². The number of ketones is 1. The summed E-state index contributed by atoms with van der Waals surface area (Å²) in [6, 6.07) is 2.87. The van der Waals surface area contributed by atoms with E-state index in [1.54, 1.807) is 13.0 Å². The highest BCUT2D eigenvalue weighted by Crippen LogP contribution is 2.23. The van der Waals surface area contributed by atoms with Gasteiger partial charge >= 0.3 is 0 Å². The molecule has 1 aromatic carbocycles. The second-order valence-electron chi connectivity index (χ2n) is 2.99. The Labute approximate surface area is 90.4 Å². The lowest BCUT2D eigenvalue weighted by Gasteiger charge is -2.07. The summed E-state index contributed by atoms with van der Waals surface area (Å²) in [5.74, 6) is -0.729. The summed E-state index contributed by atoms with van der Waals surface area (Å²) >= 11 is 3.25. The number of halogens is 2. The molecule has 0 fully saturated rings. The van der Waals surface area contributed by atoms with E-state index in [9.17, 15) is 9.18 Å². The van der Waals surface area contributed by atoms with Crippen LogP contribution in [0.1, 0.15) is 22.3 Å². The van der Waals surface area contributed by atoms with Crippen LogP contribution in [0.3, 0.4) is 0 Å². The third-order valence-corrected chi connectivity index (χ3v) is 2.86. The van der Waals surface area contributed by atoms with Crippen LogP contribution in [0.2, 0.25) is 0 Å². The van der Waals surface area contributed by atoms with Crippen LogP contribution in [0, 0.1) is 12.7 Å². The minimum atomic E-state index is -0.482. The molecule has 0 saturated heterocycles. The van der Waals surface area contributed by atoms with E-state index < -0.39 is 5.82 Å². The first-order chi connectivity index (χ1) is 6.57. The standard InChI is InChI=1S/C10H11BrFNO/c1-6-7(11)2-3-8(12)10(6)9(14)4-5-13/h2-3H,4-5,13H2,1H3. The van der Waals surface area contributed by atoms with Gasteiger partial charge in [0.2, 0.25) is 0 Å². The zero-order valence-corrected chi connectivity index (χ0v) is 9.40. The molecule has 1 aromatic rings. The summed E-state index contributed by atoms with van der Waals surface area (Å²) in [6.45, 7) is 1.95. The molecule has 0 unspecified atom stereocenters. The van der Waals surface area contributed by atoms with Crippen molar-refractivity contribution in [1.82, 2.24) is 0 Å². The largest absolute Gasteiger partial charge is 0.330 e. The van der Waals surface area contributed by atoms with Gasteiger partial charge in [0.25, 0.3) is 0 Å². The van der Waals surface area contributed by atoms with Gasteiger partial charge in [0.05, 0.1) is 5.56 Å². The van der Waals surface area contributed by atoms with Crippen molar-refractivity contribution in [3.63, 3.8) is 0 Å². The normalized spacial score (nSPS) is 10.3. The van der Waals surface area contributed by atoms with Gasteiger partial charge in [0.15, 0.2) is 5.78 Å². The summed E-state index contributed by atoms with van der Waals surface area (Å²) in [5.41, 5.74) is 6.02. The lowest BCUT2D eigenvalue weighted by molar-refractivity contribution is 0.0981. The summed E-state index contributed by atoms with van der Waals surface area (Å²) in [4.78, 5) is 11.5. The van der Waals surface area contributed by atoms with Gasteiger partial charge in [0.1, 0.15) is 5.82 Å². The van der Waals surface area contributed by atoms with Crippen LogP contribution in [-0.2, 0) is 0 Å². The average molecular weight is 260 g/mol. The molecular formula is C10H11BrFNO. The first kappa shape index (κ1) is 11.3. The van der Waals surface area contributed by atoms with Crippen LogP contribution in [0.25, 0.3) is 0 Å². The number of hydrogen-bond acceptors (Lipinski definition) is 2. The topological polar surface area (TPSA) is 43.1 Å². The molecule has 2 N–H and O–H groups in total. The fraction of sp³-hybridized carbons (Fsp3) is 0.300. The van der Waals surface area contributed by atoms with Gasteiger partial charge in [-0.1, -0.05) is 15.9 Å². The fourth-order valence-corrected chi connectivity index (χ4v) is 1.58. The molecule has 0 bridgehead atoms. The Balaban J connectivity index is 3.18. The Morgan fingerprint density at radius 3 is 2.79 bits per heavy atom. The lowest BCUT2D eigenvalue weighted by atomic mass is 10.0. The first-order valence-electron chi connectivity index (χ1n) is 4.25. The molecule has 0 radical (unpaired) electrons. The monoisotopic (exact) mass is 259 g/mol. The molecule has 0 spiro atoms. The number of carbonyl (C=O) groups is 1. The quantitative estimate of drug-likeness (QED) is 0.848. The third-order valence-electron chi connectivity index (χ3n) is 2.00. The Kier molecular flexibility index (Phi) is 3.77. The van der Waals surface area contributed by atoms with Crippen molar-refractivity contribution in [3.8, 4) is 0 Å². The smallest absolute Gasteiger partial charge is 0.167 e. The molecule has 1 rings (SSSR count). The molecule has 14 heavy (non-hydrogen) atoms. The van der Waals surface area contributed by atoms with E-state index in [-0.39, 0.29) is 24.3 Å². The minimum Gasteiger partial charge on any atom is -0.330 e. The van der Waals surface area contributed by atoms with Crippen molar-refractivity contribution in [1.29, 1.82) is 0 Å². The number of rotatable bonds is 3. The molecule has 0 saturated carbocycles. The molecule has 0 atom stereocenters. The second-order valence-corrected chi connectivity index (χ2v) is 3.85. The molecule has 0 aliphatic carbocycles. The number of benzene rings is 1. The maximum Gasteiger partial charge on any atom is 0.167 e. The van der Waals surface area contributed by atoms with Crippen molar-refractivity contribution in [2.75, 3.05) is 6.54 Å². The van der Waals surface area contributed by atoms with E-state index in [1.165, 1.54) is 6.07 Å². The summed E-state index contributed by atoms with van der Waals surface area (Å²) < 4.78 is 14.1. The molecule has 76 valence electrons. The van der Waals surface area contributed by atoms with E-state index in [2.05, 4.69) is 15.9 Å². The van der Waals surface area contributed by atoms with E-state index in [1.807, 2.05) is 0 Å². The summed E-state index contributed by atoms with van der Waals surface area (Å²) in [6.07, 6.45) is 0.175. The Bertz CT molecular complexity index is 365. The SMILES string of the molecule is Cc1c(Br)ccc(F)c1C(=O)CCN. The average Bonchev–Trinajstić information content (AvgIpc) is 2.13. The van der Waals surface area contributed by atoms with E-state index in [0.29, 0.717) is 5.56 Å². The molecule has 4 heteroatoms. The Morgan fingerprint density at radius 1 is 1.57 bits per heavy atom. The van der Waals surface area contributed by atoms with Crippen LogP contribution >= 0.6 is 15.9 Å². The van der Waals surface area contributed by atoms with Gasteiger partial charge in [-0.2, -0.15) is 0 Å². The van der Waals surface area contributed by atoms with E-state index in [0.717, 1.165) is 4.47 Å². The van der Waals surface area contributed by atoms with Crippen LogP contribution < -0.4 is 5.73 Å². The first-order valence-corrected chi connectivity index (χ1v) is 5.05. The maximum atomic E-state index is 13.3. The van der Waals surface area contributed by atoms with Gasteiger partial charge in [-0.3, -0.25) is 4.79 Å². The Hall–Kier alpha value is -0.740. The van der Waals surface area contributed by atoms with Crippen molar-refractivity contribution in [2.24, 2.45) is 5.73 Å². The fourth-order valence-electron chi connectivity index (χ4n) is 1.25. The second kappa shape index (κ2) is 4.66. The van der Waals surface area contributed by atoms with Crippen molar-refractivity contribution in [3.05, 3.63) is 33.5 Å². The molecule has 0 aromatic heterocycles. The highest BCUT2D eigenvalue weighted by atomic mass is 79.9. The van der Waals surface area contributed by atoms with Crippen LogP contribution in [-0.4, -0.2) is 12.3 Å². The van der Waals surface area contributed by atoms with Crippen molar-refractivity contribution in [2.45, 2.75) is 13.3 Å².